The van der Waals surface area contributed by atoms with Gasteiger partial charge in [0, 0.05) is 54.1 Å². The minimum atomic E-state index is -0.135. The number of aryl methyl sites for hydroxylation is 4. The van der Waals surface area contributed by atoms with Gasteiger partial charge in [-0.1, -0.05) is 12.2 Å². The van der Waals surface area contributed by atoms with Crippen LogP contribution >= 0.6 is 0 Å². The van der Waals surface area contributed by atoms with Crippen LogP contribution in [0.3, 0.4) is 0 Å². The zero-order valence-corrected chi connectivity index (χ0v) is 28.7. The summed E-state index contributed by atoms with van der Waals surface area (Å²) < 4.78 is 0. The molecule has 0 unspecified atom stereocenters. The Morgan fingerprint density at radius 2 is 0.979 bits per heavy atom. The van der Waals surface area contributed by atoms with Gasteiger partial charge in [-0.05, 0) is 142 Å². The third kappa shape index (κ3) is 7.11. The van der Waals surface area contributed by atoms with Crippen molar-refractivity contribution in [3.63, 3.8) is 0 Å². The lowest BCUT2D eigenvalue weighted by molar-refractivity contribution is 0.288. The van der Waals surface area contributed by atoms with E-state index in [1.807, 2.05) is 6.08 Å². The Labute approximate surface area is 282 Å². The Bertz CT molecular complexity index is 1780. The van der Waals surface area contributed by atoms with Crippen molar-refractivity contribution in [1.82, 2.24) is 19.9 Å². The molecule has 9 nitrogen and oxygen atoms in total. The molecule has 7 N–H and O–H groups in total. The Balaban J connectivity index is 2.00. The number of hydrogen-bond acceptors (Lipinski definition) is 7. The first-order valence-electron chi connectivity index (χ1n) is 17.2. The van der Waals surface area contributed by atoms with E-state index in [4.69, 9.17) is 9.97 Å². The van der Waals surface area contributed by atoms with Crippen LogP contribution in [0.4, 0.5) is 0 Å². The number of nitrogens with one attached hydrogen (secondary N) is 2. The van der Waals surface area contributed by atoms with Crippen LogP contribution in [0, 0.1) is 13.8 Å². The number of aromatic nitrogens is 4. The van der Waals surface area contributed by atoms with Crippen LogP contribution in [0.1, 0.15) is 103 Å². The van der Waals surface area contributed by atoms with E-state index in [1.54, 1.807) is 6.08 Å². The van der Waals surface area contributed by atoms with Crippen LogP contribution in [-0.4, -0.2) is 78.5 Å². The second-order valence-corrected chi connectivity index (χ2v) is 12.8. The zero-order valence-electron chi connectivity index (χ0n) is 28.7. The average Bonchev–Trinajstić information content (AvgIpc) is 3.74. The molecule has 8 bridgehead atoms. The highest BCUT2D eigenvalue weighted by Crippen LogP contribution is 2.40. The Kier molecular flexibility index (Phi) is 11.8. The Morgan fingerprint density at radius 1 is 0.562 bits per heavy atom. The average molecular weight is 655 g/mol. The third-order valence-electron chi connectivity index (χ3n) is 9.69. The predicted molar refractivity (Wildman–Crippen MR) is 195 cm³/mol. The normalized spacial score (nSPS) is 13.5. The smallest absolute Gasteiger partial charge is 0.0763 e. The van der Waals surface area contributed by atoms with Crippen LogP contribution in [0.2, 0.25) is 0 Å². The monoisotopic (exact) mass is 654 g/mol. The molecular weight excluding hydrogens is 604 g/mol. The van der Waals surface area contributed by atoms with Gasteiger partial charge < -0.3 is 35.5 Å². The van der Waals surface area contributed by atoms with Gasteiger partial charge in [-0.3, -0.25) is 0 Å². The molecule has 0 amide bonds. The molecule has 3 aromatic rings. The minimum absolute atomic E-state index is 0.0668. The summed E-state index contributed by atoms with van der Waals surface area (Å²) in [5.41, 5.74) is 16.4. The molecule has 0 aliphatic carbocycles. The first-order chi connectivity index (χ1) is 23.3. The van der Waals surface area contributed by atoms with Gasteiger partial charge >= 0.3 is 0 Å². The number of nitrogens with zero attached hydrogens (tertiary/aromatic N) is 2. The van der Waals surface area contributed by atoms with E-state index < -0.39 is 0 Å². The number of aliphatic hydroxyl groups is 5. The quantitative estimate of drug-likeness (QED) is 0.109. The molecule has 48 heavy (non-hydrogen) atoms. The van der Waals surface area contributed by atoms with Gasteiger partial charge in [-0.2, -0.15) is 0 Å². The Hall–Kier alpha value is -3.86. The first-order valence-corrected chi connectivity index (χ1v) is 17.2. The maximum Gasteiger partial charge on any atom is 0.0763 e. The van der Waals surface area contributed by atoms with Crippen molar-refractivity contribution in [2.24, 2.45) is 0 Å². The van der Waals surface area contributed by atoms with Crippen molar-refractivity contribution >= 4 is 50.4 Å². The molecular formula is C39H50N4O5. The molecule has 5 heterocycles. The fourth-order valence-corrected chi connectivity index (χ4v) is 7.03. The van der Waals surface area contributed by atoms with Gasteiger partial charge in [-0.25, -0.2) is 9.97 Å². The van der Waals surface area contributed by atoms with E-state index in [0.717, 1.165) is 95.0 Å². The molecule has 9 heteroatoms. The molecule has 0 spiro atoms. The summed E-state index contributed by atoms with van der Waals surface area (Å²) >= 11 is 0. The Morgan fingerprint density at radius 3 is 1.38 bits per heavy atom. The van der Waals surface area contributed by atoms with Crippen molar-refractivity contribution < 1.29 is 25.5 Å². The number of H-pyrrole nitrogens is 2. The van der Waals surface area contributed by atoms with E-state index in [-0.39, 0.29) is 33.0 Å². The minimum Gasteiger partial charge on any atom is -0.396 e. The summed E-state index contributed by atoms with van der Waals surface area (Å²) in [5.74, 6) is 0. The van der Waals surface area contributed by atoms with Crippen molar-refractivity contribution in [2.75, 3.05) is 33.0 Å². The maximum atomic E-state index is 9.87. The highest BCUT2D eigenvalue weighted by atomic mass is 16.3. The molecule has 0 fully saturated rings. The van der Waals surface area contributed by atoms with Gasteiger partial charge in [-0.15, -0.1) is 0 Å². The SMILES string of the molecule is CC1=C(CCCO)c2cc3[nH]c(cc4[nH]c(cc5nc(c(/C=C/CO)c1n2)C(C)=C5CCCO)c(CCCO)c4C)c(C)c3CCCO. The first kappa shape index (κ1) is 35.4. The fraction of sp³-hybridized carbons (Fsp3) is 0.436. The largest absolute Gasteiger partial charge is 0.396 e. The van der Waals surface area contributed by atoms with E-state index >= 15 is 0 Å². The number of rotatable bonds is 14. The van der Waals surface area contributed by atoms with E-state index in [9.17, 15) is 25.5 Å². The molecule has 0 radical (unpaired) electrons. The van der Waals surface area contributed by atoms with Gasteiger partial charge in [0.1, 0.15) is 0 Å². The van der Waals surface area contributed by atoms with Crippen molar-refractivity contribution in [3.05, 3.63) is 74.9 Å². The molecule has 2 aliphatic rings. The number of allylic oxidation sites excluding steroid dienone is 4. The van der Waals surface area contributed by atoms with Crippen LogP contribution in [0.5, 0.6) is 0 Å². The lowest BCUT2D eigenvalue weighted by Crippen LogP contribution is -1.92. The van der Waals surface area contributed by atoms with Crippen molar-refractivity contribution in [1.29, 1.82) is 0 Å². The molecule has 0 aromatic carbocycles. The second kappa shape index (κ2) is 16.0. The number of aromatic amines is 2. The lowest BCUT2D eigenvalue weighted by atomic mass is 9.95. The van der Waals surface area contributed by atoms with Crippen molar-refractivity contribution in [3.8, 4) is 0 Å². The van der Waals surface area contributed by atoms with E-state index in [2.05, 4.69) is 55.9 Å². The summed E-state index contributed by atoms with van der Waals surface area (Å²) in [6.45, 7) is 8.53. The highest BCUT2D eigenvalue weighted by Gasteiger charge is 2.25. The van der Waals surface area contributed by atoms with Crippen LogP contribution in [0.15, 0.2) is 24.3 Å². The molecule has 0 saturated heterocycles. The van der Waals surface area contributed by atoms with Gasteiger partial charge in [0.15, 0.2) is 0 Å². The van der Waals surface area contributed by atoms with E-state index in [0.29, 0.717) is 51.4 Å². The molecule has 5 rings (SSSR count). The summed E-state index contributed by atoms with van der Waals surface area (Å²) in [6, 6.07) is 6.33. The lowest BCUT2D eigenvalue weighted by Gasteiger charge is -2.07. The predicted octanol–water partition coefficient (Wildman–Crippen LogP) is 6.19. The summed E-state index contributed by atoms with van der Waals surface area (Å²) in [7, 11) is 0. The third-order valence-corrected chi connectivity index (χ3v) is 9.69. The molecule has 0 saturated carbocycles. The fourth-order valence-electron chi connectivity index (χ4n) is 7.03. The van der Waals surface area contributed by atoms with E-state index in [1.165, 1.54) is 0 Å². The molecule has 0 atom stereocenters. The standard InChI is InChI=1S/C39H50N4O5/c1-23-27(10-5-15-44)34-21-36-29(12-7-17-46)25(3)38(42-36)31(14-9-19-48)39-26(4)30(13-8-18-47)37(43-39)22-35-28(11-6-16-45)24(2)33(41-35)20-32(23)40-34/h9,14,20-22,40-41,44-48H,5-8,10-13,15-19H2,1-4H3/b14-9+,32-20?,33-20?,34-21?,35-22?,36-21?,37-22?,38-31?,39-31?. The molecule has 3 aromatic heterocycles. The number of aliphatic hydroxyl groups excluding tert-OH is 5. The summed E-state index contributed by atoms with van der Waals surface area (Å²) in [6.07, 6.45) is 8.77. The van der Waals surface area contributed by atoms with Crippen molar-refractivity contribution in [2.45, 2.75) is 79.1 Å². The highest BCUT2D eigenvalue weighted by molar-refractivity contribution is 5.99. The summed E-state index contributed by atoms with van der Waals surface area (Å²) in [4.78, 5) is 17.8. The number of fused-ring (bicyclic) bond motifs is 8. The van der Waals surface area contributed by atoms with Gasteiger partial charge in [0.05, 0.1) is 29.4 Å². The van der Waals surface area contributed by atoms with Crippen LogP contribution in [-0.2, 0) is 12.8 Å². The second-order valence-electron chi connectivity index (χ2n) is 12.8. The molecule has 2 aliphatic heterocycles. The van der Waals surface area contributed by atoms with Crippen LogP contribution in [0.25, 0.3) is 50.4 Å². The number of hydrogen-bond donors (Lipinski definition) is 7. The van der Waals surface area contributed by atoms with Gasteiger partial charge in [0.25, 0.3) is 0 Å². The topological polar surface area (TPSA) is 159 Å². The van der Waals surface area contributed by atoms with Gasteiger partial charge in [0.2, 0.25) is 0 Å². The maximum absolute atomic E-state index is 9.87. The molecule has 256 valence electrons. The van der Waals surface area contributed by atoms with Crippen LogP contribution < -0.4 is 0 Å². The zero-order chi connectivity index (χ0) is 34.4. The summed E-state index contributed by atoms with van der Waals surface area (Å²) in [5, 5.41) is 49.0.